The van der Waals surface area contributed by atoms with E-state index < -0.39 is 89.7 Å². The summed E-state index contributed by atoms with van der Waals surface area (Å²) in [5.41, 5.74) is 20.3. The second kappa shape index (κ2) is 16.1. The van der Waals surface area contributed by atoms with Crippen molar-refractivity contribution in [1.82, 2.24) is 16.0 Å². The Hall–Kier alpha value is -4.64. The lowest BCUT2D eigenvalue weighted by Crippen LogP contribution is -2.60. The minimum absolute atomic E-state index is 0.0972. The number of aliphatic carboxylic acids is 1. The fourth-order valence-electron chi connectivity index (χ4n) is 4.00. The molecule has 4 atom stereocenters. The van der Waals surface area contributed by atoms with Gasteiger partial charge in [-0.05, 0) is 48.9 Å². The van der Waals surface area contributed by atoms with Gasteiger partial charge in [-0.3, -0.25) is 19.2 Å². The molecular weight excluding hydrogens is 568 g/mol. The maximum atomic E-state index is 13.3. The molecule has 0 heterocycles. The zero-order chi connectivity index (χ0) is 33.1. The van der Waals surface area contributed by atoms with Crippen molar-refractivity contribution in [3.8, 4) is 11.5 Å². The van der Waals surface area contributed by atoms with Crippen LogP contribution in [0, 0.1) is 5.41 Å². The number of aromatic hydroxyl groups is 2. The van der Waals surface area contributed by atoms with Crippen LogP contribution in [0.4, 0.5) is 0 Å². The van der Waals surface area contributed by atoms with E-state index in [9.17, 15) is 44.4 Å². The highest BCUT2D eigenvalue weighted by Crippen LogP contribution is 2.33. The number of amides is 4. The molecule has 0 bridgehead atoms. The minimum Gasteiger partial charge on any atom is -0.507 e. The lowest BCUT2D eigenvalue weighted by atomic mass is 9.85. The number of carbonyl (C=O) groups is 5. The summed E-state index contributed by atoms with van der Waals surface area (Å²) in [5, 5.41) is 46.3. The molecule has 0 saturated carbocycles. The standard InChI is InChI=1S/C26H42N8O9/c1-26(2,3)20(23(41)31-14(24(42)43)6-4-5-7-27)34-21(39)15(10-18(28)38)32-22(40)19(33-25(29)30)12-8-16(36)13(11-35)17(37)9-12/h8-9,14-15,19-20,35-37H,4-7,10-11,27H2,1-3H3,(H2,28,38)(H,31,41)(H,32,40)(H,34,39)(H,42,43)(H4,29,30,33)/t14-,15-,19-,20+/m0/s1. The molecule has 1 aromatic rings. The molecule has 4 amide bonds. The normalized spacial score (nSPS) is 14.0. The Kier molecular flexibility index (Phi) is 13.6. The summed E-state index contributed by atoms with van der Waals surface area (Å²) in [6.07, 6.45) is 0.350. The van der Waals surface area contributed by atoms with Crippen LogP contribution in [-0.2, 0) is 30.6 Å². The fourth-order valence-corrected chi connectivity index (χ4v) is 4.00. The predicted octanol–water partition coefficient (Wildman–Crippen LogP) is -2.51. The lowest BCUT2D eigenvalue weighted by Gasteiger charge is -2.32. The molecule has 43 heavy (non-hydrogen) atoms. The van der Waals surface area contributed by atoms with E-state index in [1.165, 1.54) is 0 Å². The summed E-state index contributed by atoms with van der Waals surface area (Å²) in [6.45, 7) is 4.43. The number of carboxylic acid groups (broad SMARTS) is 1. The molecular formula is C26H42N8O9. The summed E-state index contributed by atoms with van der Waals surface area (Å²) in [6, 6.07) is -3.86. The van der Waals surface area contributed by atoms with Gasteiger partial charge in [0.1, 0.15) is 29.6 Å². The van der Waals surface area contributed by atoms with Crippen LogP contribution in [0.15, 0.2) is 17.1 Å². The molecule has 240 valence electrons. The van der Waals surface area contributed by atoms with E-state index in [4.69, 9.17) is 22.9 Å². The maximum absolute atomic E-state index is 13.3. The molecule has 0 saturated heterocycles. The van der Waals surface area contributed by atoms with Crippen molar-refractivity contribution in [2.45, 2.75) is 77.2 Å². The number of carbonyl (C=O) groups excluding carboxylic acids is 4. The number of rotatable bonds is 16. The average Bonchev–Trinajstić information content (AvgIpc) is 2.87. The number of aliphatic imine (C=N–C) groups is 1. The number of guanidine groups is 1. The highest BCUT2D eigenvalue weighted by atomic mass is 16.4. The van der Waals surface area contributed by atoms with Crippen LogP contribution in [0.2, 0.25) is 0 Å². The summed E-state index contributed by atoms with van der Waals surface area (Å²) < 4.78 is 0. The molecule has 15 N–H and O–H groups in total. The number of nitrogens with one attached hydrogen (secondary N) is 3. The Morgan fingerprint density at radius 3 is 1.88 bits per heavy atom. The quantitative estimate of drug-likeness (QED) is 0.0525. The van der Waals surface area contributed by atoms with Gasteiger partial charge in [0.25, 0.3) is 0 Å². The zero-order valence-corrected chi connectivity index (χ0v) is 24.3. The van der Waals surface area contributed by atoms with Crippen molar-refractivity contribution in [2.24, 2.45) is 33.3 Å². The van der Waals surface area contributed by atoms with E-state index in [1.54, 1.807) is 20.8 Å². The van der Waals surface area contributed by atoms with Crippen LogP contribution in [-0.4, -0.2) is 80.7 Å². The van der Waals surface area contributed by atoms with Crippen LogP contribution in [0.5, 0.6) is 11.5 Å². The van der Waals surface area contributed by atoms with Gasteiger partial charge in [-0.1, -0.05) is 20.8 Å². The van der Waals surface area contributed by atoms with Gasteiger partial charge in [-0.2, -0.15) is 0 Å². The third-order valence-electron chi connectivity index (χ3n) is 6.24. The molecule has 0 fully saturated rings. The van der Waals surface area contributed by atoms with E-state index in [2.05, 4.69) is 20.9 Å². The van der Waals surface area contributed by atoms with Gasteiger partial charge < -0.3 is 59.3 Å². The number of phenols is 2. The molecule has 0 aromatic heterocycles. The summed E-state index contributed by atoms with van der Waals surface area (Å²) in [7, 11) is 0. The van der Waals surface area contributed by atoms with Gasteiger partial charge in [-0.25, -0.2) is 9.79 Å². The Labute approximate surface area is 248 Å². The van der Waals surface area contributed by atoms with E-state index in [0.29, 0.717) is 19.4 Å². The number of nitrogens with zero attached hydrogens (tertiary/aromatic N) is 1. The first-order chi connectivity index (χ1) is 19.9. The van der Waals surface area contributed by atoms with Crippen LogP contribution in [0.3, 0.4) is 0 Å². The highest BCUT2D eigenvalue weighted by molar-refractivity contribution is 5.97. The fraction of sp³-hybridized carbons (Fsp3) is 0.538. The van der Waals surface area contributed by atoms with Crippen molar-refractivity contribution in [3.63, 3.8) is 0 Å². The molecule has 17 nitrogen and oxygen atoms in total. The number of aliphatic hydroxyl groups is 1. The van der Waals surface area contributed by atoms with Crippen LogP contribution in [0.25, 0.3) is 0 Å². The van der Waals surface area contributed by atoms with Crippen molar-refractivity contribution >= 4 is 35.6 Å². The maximum Gasteiger partial charge on any atom is 0.326 e. The summed E-state index contributed by atoms with van der Waals surface area (Å²) >= 11 is 0. The highest BCUT2D eigenvalue weighted by Gasteiger charge is 2.37. The van der Waals surface area contributed by atoms with Crippen LogP contribution >= 0.6 is 0 Å². The van der Waals surface area contributed by atoms with Crippen LogP contribution < -0.4 is 38.9 Å². The average molecular weight is 611 g/mol. The Bertz CT molecular complexity index is 1190. The first kappa shape index (κ1) is 36.4. The van der Waals surface area contributed by atoms with Gasteiger partial charge in [0, 0.05) is 0 Å². The lowest BCUT2D eigenvalue weighted by molar-refractivity contribution is -0.143. The van der Waals surface area contributed by atoms with Gasteiger partial charge in [0.05, 0.1) is 18.6 Å². The van der Waals surface area contributed by atoms with E-state index >= 15 is 0 Å². The molecule has 0 aliphatic carbocycles. The number of primary amides is 1. The van der Waals surface area contributed by atoms with Gasteiger partial charge in [-0.15, -0.1) is 0 Å². The molecule has 0 aliphatic heterocycles. The topological polar surface area (TPSA) is 319 Å². The van der Waals surface area contributed by atoms with Gasteiger partial charge in [0.2, 0.25) is 23.6 Å². The van der Waals surface area contributed by atoms with E-state index in [-0.39, 0.29) is 17.5 Å². The SMILES string of the molecule is CC(C)(C)[C@H](NC(=O)[C@H](CC(N)=O)NC(=O)[C@@H](N=C(N)N)c1cc(O)c(CO)c(O)c1)C(=O)N[C@@H](CCCCN)C(=O)O. The number of benzene rings is 1. The van der Waals surface area contributed by atoms with Crippen molar-refractivity contribution in [1.29, 1.82) is 0 Å². The Morgan fingerprint density at radius 1 is 0.884 bits per heavy atom. The minimum atomic E-state index is -1.65. The smallest absolute Gasteiger partial charge is 0.326 e. The molecule has 1 aromatic carbocycles. The number of nitrogens with two attached hydrogens (primary N) is 4. The molecule has 0 radical (unpaired) electrons. The molecule has 17 heteroatoms. The Morgan fingerprint density at radius 2 is 1.44 bits per heavy atom. The predicted molar refractivity (Wildman–Crippen MR) is 154 cm³/mol. The monoisotopic (exact) mass is 610 g/mol. The van der Waals surface area contributed by atoms with Crippen LogP contribution in [0.1, 0.15) is 63.6 Å². The van der Waals surface area contributed by atoms with Gasteiger partial charge in [0.15, 0.2) is 12.0 Å². The zero-order valence-electron chi connectivity index (χ0n) is 24.3. The summed E-state index contributed by atoms with van der Waals surface area (Å²) in [5.74, 6) is -6.90. The third kappa shape index (κ3) is 11.3. The summed E-state index contributed by atoms with van der Waals surface area (Å²) in [4.78, 5) is 67.1. The largest absolute Gasteiger partial charge is 0.507 e. The second-order valence-electron chi connectivity index (χ2n) is 10.9. The first-order valence-corrected chi connectivity index (χ1v) is 13.3. The van der Waals surface area contributed by atoms with Crippen molar-refractivity contribution in [3.05, 3.63) is 23.3 Å². The first-order valence-electron chi connectivity index (χ1n) is 13.3. The number of hydrogen-bond donors (Lipinski definition) is 11. The van der Waals surface area contributed by atoms with Gasteiger partial charge >= 0.3 is 5.97 Å². The second-order valence-corrected chi connectivity index (χ2v) is 10.9. The van der Waals surface area contributed by atoms with Crippen molar-refractivity contribution in [2.75, 3.05) is 6.54 Å². The van der Waals surface area contributed by atoms with E-state index in [0.717, 1.165) is 12.1 Å². The number of hydrogen-bond acceptors (Lipinski definition) is 10. The van der Waals surface area contributed by atoms with E-state index in [1.807, 2.05) is 0 Å². The number of carboxylic acids is 1. The molecule has 0 aliphatic rings. The Balaban J connectivity index is 3.33. The third-order valence-corrected chi connectivity index (χ3v) is 6.24. The number of unbranched alkanes of at least 4 members (excludes halogenated alkanes) is 1. The van der Waals surface area contributed by atoms with Crippen molar-refractivity contribution < 1.29 is 44.4 Å². The molecule has 0 spiro atoms. The molecule has 1 rings (SSSR count). The number of aliphatic hydroxyl groups excluding tert-OH is 1. The molecule has 0 unspecified atom stereocenters.